The molecule has 0 saturated carbocycles. The van der Waals surface area contributed by atoms with Crippen LogP contribution in [0.3, 0.4) is 0 Å². The maximum Gasteiger partial charge on any atom is 0.308 e. The highest BCUT2D eigenvalue weighted by molar-refractivity contribution is 5.69. The third-order valence-corrected chi connectivity index (χ3v) is 2.62. The minimum Gasteiger partial charge on any atom is -0.469 e. The van der Waals surface area contributed by atoms with Crippen molar-refractivity contribution in [1.29, 1.82) is 5.26 Å². The molecule has 1 rings (SSSR count). The highest BCUT2D eigenvalue weighted by atomic mass is 16.5. The van der Waals surface area contributed by atoms with Gasteiger partial charge in [-0.3, -0.25) is 4.79 Å². The van der Waals surface area contributed by atoms with Crippen molar-refractivity contribution in [2.24, 2.45) is 0 Å². The lowest BCUT2D eigenvalue weighted by molar-refractivity contribution is -0.144. The summed E-state index contributed by atoms with van der Waals surface area (Å²) in [4.78, 5) is 11.0. The molecule has 2 N–H and O–H groups in total. The Morgan fingerprint density at radius 1 is 1.50 bits per heavy atom. The molecule has 5 heteroatoms. The first kappa shape index (κ1) is 14.2. The number of hydrogen-bond acceptors (Lipinski definition) is 5. The molecule has 96 valence electrons. The lowest BCUT2D eigenvalue weighted by atomic mass is 9.96. The van der Waals surface area contributed by atoms with Crippen LogP contribution in [-0.4, -0.2) is 29.4 Å². The zero-order valence-electron chi connectivity index (χ0n) is 10.3. The van der Waals surface area contributed by atoms with E-state index in [1.165, 1.54) is 7.11 Å². The zero-order valence-corrected chi connectivity index (χ0v) is 10.3. The molecule has 5 nitrogen and oxygen atoms in total. The van der Waals surface area contributed by atoms with Crippen LogP contribution in [0.25, 0.3) is 0 Å². The highest BCUT2D eigenvalue weighted by Crippen LogP contribution is 2.23. The van der Waals surface area contributed by atoms with Gasteiger partial charge >= 0.3 is 5.97 Å². The minimum absolute atomic E-state index is 0.284. The molecule has 1 aromatic rings. The van der Waals surface area contributed by atoms with E-state index < -0.39 is 18.2 Å². The van der Waals surface area contributed by atoms with Crippen LogP contribution < -0.4 is 0 Å². The zero-order chi connectivity index (χ0) is 13.7. The number of methoxy groups -OCH3 is 1. The number of hydrogen-bond donors (Lipinski definition) is 2. The third kappa shape index (κ3) is 3.29. The van der Waals surface area contributed by atoms with Gasteiger partial charge in [-0.2, -0.15) is 5.26 Å². The van der Waals surface area contributed by atoms with Crippen molar-refractivity contribution >= 4 is 5.97 Å². The van der Waals surface area contributed by atoms with Crippen LogP contribution in [-0.2, 0) is 9.53 Å². The normalized spacial score (nSPS) is 13.5. The second-order valence-electron chi connectivity index (χ2n) is 3.99. The van der Waals surface area contributed by atoms with Crippen LogP contribution >= 0.6 is 0 Å². The number of nitriles is 1. The largest absolute Gasteiger partial charge is 0.469 e. The summed E-state index contributed by atoms with van der Waals surface area (Å²) in [6.07, 6.45) is -2.91. The van der Waals surface area contributed by atoms with Crippen molar-refractivity contribution in [2.75, 3.05) is 7.11 Å². The summed E-state index contributed by atoms with van der Waals surface area (Å²) < 4.78 is 4.41. The van der Waals surface area contributed by atoms with E-state index in [0.29, 0.717) is 5.56 Å². The van der Waals surface area contributed by atoms with Crippen LogP contribution in [0.5, 0.6) is 0 Å². The number of aryl methyl sites for hydroxylation is 1. The van der Waals surface area contributed by atoms with E-state index in [1.807, 2.05) is 13.0 Å². The van der Waals surface area contributed by atoms with E-state index in [2.05, 4.69) is 4.74 Å². The molecule has 2 atom stereocenters. The SMILES string of the molecule is COC(=O)CC(O)C(O)c1ccc(C)cc1C#N. The van der Waals surface area contributed by atoms with Gasteiger partial charge in [0.05, 0.1) is 31.3 Å². The Morgan fingerprint density at radius 2 is 2.17 bits per heavy atom. The lowest BCUT2D eigenvalue weighted by Gasteiger charge is -2.18. The molecular weight excluding hydrogens is 234 g/mol. The van der Waals surface area contributed by atoms with Crippen molar-refractivity contribution in [1.82, 2.24) is 0 Å². The van der Waals surface area contributed by atoms with E-state index >= 15 is 0 Å². The third-order valence-electron chi connectivity index (χ3n) is 2.62. The number of aliphatic hydroxyl groups excluding tert-OH is 2. The van der Waals surface area contributed by atoms with Gasteiger partial charge in [-0.15, -0.1) is 0 Å². The maximum absolute atomic E-state index is 11.0. The van der Waals surface area contributed by atoms with Crippen molar-refractivity contribution in [3.63, 3.8) is 0 Å². The van der Waals surface area contributed by atoms with Gasteiger partial charge < -0.3 is 14.9 Å². The van der Waals surface area contributed by atoms with Crippen LogP contribution in [0.1, 0.15) is 29.2 Å². The van der Waals surface area contributed by atoms with Gasteiger partial charge in [-0.1, -0.05) is 12.1 Å². The van der Waals surface area contributed by atoms with Crippen molar-refractivity contribution < 1.29 is 19.7 Å². The summed E-state index contributed by atoms with van der Waals surface area (Å²) in [5.41, 5.74) is 1.47. The summed E-state index contributed by atoms with van der Waals surface area (Å²) >= 11 is 0. The number of ether oxygens (including phenoxy) is 1. The monoisotopic (exact) mass is 249 g/mol. The quantitative estimate of drug-likeness (QED) is 0.771. The molecule has 0 radical (unpaired) electrons. The molecule has 0 aliphatic carbocycles. The number of nitrogens with zero attached hydrogens (tertiary/aromatic N) is 1. The van der Waals surface area contributed by atoms with Crippen LogP contribution in [0.4, 0.5) is 0 Å². The second-order valence-corrected chi connectivity index (χ2v) is 3.99. The van der Waals surface area contributed by atoms with Crippen LogP contribution in [0, 0.1) is 18.3 Å². The van der Waals surface area contributed by atoms with Gasteiger partial charge in [-0.05, 0) is 18.6 Å². The van der Waals surface area contributed by atoms with Crippen molar-refractivity contribution in [3.8, 4) is 6.07 Å². The first-order chi connectivity index (χ1) is 8.49. The Labute approximate surface area is 105 Å². The fourth-order valence-corrected chi connectivity index (χ4v) is 1.60. The number of benzene rings is 1. The fraction of sp³-hybridized carbons (Fsp3) is 0.385. The Kier molecular flexibility index (Phi) is 4.84. The van der Waals surface area contributed by atoms with Crippen molar-refractivity contribution in [3.05, 3.63) is 34.9 Å². The standard InChI is InChI=1S/C13H15NO4/c1-8-3-4-10(9(5-8)7-14)13(17)11(15)6-12(16)18-2/h3-5,11,13,15,17H,6H2,1-2H3. The topological polar surface area (TPSA) is 90.6 Å². The number of rotatable bonds is 4. The Balaban J connectivity index is 2.93. The fourth-order valence-electron chi connectivity index (χ4n) is 1.60. The van der Waals surface area contributed by atoms with Gasteiger partial charge in [0.25, 0.3) is 0 Å². The molecule has 2 unspecified atom stereocenters. The molecule has 0 spiro atoms. The summed E-state index contributed by atoms with van der Waals surface area (Å²) in [5, 5.41) is 28.6. The molecule has 0 heterocycles. The number of esters is 1. The molecule has 0 aliphatic heterocycles. The number of aliphatic hydroxyl groups is 2. The summed E-state index contributed by atoms with van der Waals surface area (Å²) in [6.45, 7) is 1.82. The number of carbonyl (C=O) groups excluding carboxylic acids is 1. The smallest absolute Gasteiger partial charge is 0.308 e. The predicted octanol–water partition coefficient (Wildman–Crippen LogP) is 0.824. The van der Waals surface area contributed by atoms with Crippen molar-refractivity contribution in [2.45, 2.75) is 25.6 Å². The molecule has 18 heavy (non-hydrogen) atoms. The average molecular weight is 249 g/mol. The van der Waals surface area contributed by atoms with E-state index in [1.54, 1.807) is 18.2 Å². The Hall–Kier alpha value is -1.90. The lowest BCUT2D eigenvalue weighted by Crippen LogP contribution is -2.23. The van der Waals surface area contributed by atoms with Gasteiger partial charge in [0.15, 0.2) is 0 Å². The Morgan fingerprint density at radius 3 is 2.72 bits per heavy atom. The maximum atomic E-state index is 11.0. The van der Waals surface area contributed by atoms with Crippen LogP contribution in [0.15, 0.2) is 18.2 Å². The Bertz CT molecular complexity index is 478. The van der Waals surface area contributed by atoms with Gasteiger partial charge in [0, 0.05) is 5.56 Å². The highest BCUT2D eigenvalue weighted by Gasteiger charge is 2.24. The van der Waals surface area contributed by atoms with E-state index in [0.717, 1.165) is 5.56 Å². The summed E-state index contributed by atoms with van der Waals surface area (Å²) in [7, 11) is 1.20. The molecule has 0 saturated heterocycles. The van der Waals surface area contributed by atoms with E-state index in [-0.39, 0.29) is 12.0 Å². The molecule has 0 aliphatic rings. The molecule has 0 bridgehead atoms. The van der Waals surface area contributed by atoms with E-state index in [4.69, 9.17) is 5.26 Å². The second kappa shape index (κ2) is 6.15. The minimum atomic E-state index is -1.30. The molecule has 0 aromatic heterocycles. The van der Waals surface area contributed by atoms with Gasteiger partial charge in [0.2, 0.25) is 0 Å². The first-order valence-corrected chi connectivity index (χ1v) is 5.43. The van der Waals surface area contributed by atoms with Gasteiger partial charge in [0.1, 0.15) is 6.10 Å². The average Bonchev–Trinajstić information content (AvgIpc) is 2.37. The predicted molar refractivity (Wildman–Crippen MR) is 63.5 cm³/mol. The summed E-state index contributed by atoms with van der Waals surface area (Å²) in [6, 6.07) is 6.86. The molecule has 0 amide bonds. The molecule has 1 aromatic carbocycles. The summed E-state index contributed by atoms with van der Waals surface area (Å²) in [5.74, 6) is -0.618. The first-order valence-electron chi connectivity index (χ1n) is 5.43. The molecule has 0 fully saturated rings. The van der Waals surface area contributed by atoms with Gasteiger partial charge in [-0.25, -0.2) is 0 Å². The molecular formula is C13H15NO4. The number of carbonyl (C=O) groups is 1. The van der Waals surface area contributed by atoms with Crippen LogP contribution in [0.2, 0.25) is 0 Å². The van der Waals surface area contributed by atoms with E-state index in [9.17, 15) is 15.0 Å².